The number of carboxylic acid groups (broad SMARTS) is 1. The lowest BCUT2D eigenvalue weighted by atomic mass is 9.85. The zero-order valence-corrected chi connectivity index (χ0v) is 11.2. The van der Waals surface area contributed by atoms with Crippen LogP contribution in [0, 0.1) is 17.8 Å². The van der Waals surface area contributed by atoms with Crippen LogP contribution in [0.15, 0.2) is 12.2 Å². The molecule has 1 saturated heterocycles. The molecule has 1 aliphatic carbocycles. The summed E-state index contributed by atoms with van der Waals surface area (Å²) in [7, 11) is 0. The molecule has 5 heteroatoms. The van der Waals surface area contributed by atoms with Crippen LogP contribution in [0.1, 0.15) is 33.1 Å². The first-order chi connectivity index (χ1) is 8.93. The van der Waals surface area contributed by atoms with Crippen molar-refractivity contribution < 1.29 is 19.5 Å². The lowest BCUT2D eigenvalue weighted by Crippen LogP contribution is -2.44. The number of nitrogens with zero attached hydrogens (tertiary/aromatic N) is 1. The van der Waals surface area contributed by atoms with Crippen LogP contribution in [-0.2, 0) is 14.4 Å². The van der Waals surface area contributed by atoms with Crippen molar-refractivity contribution in [3.63, 3.8) is 0 Å². The fourth-order valence-electron chi connectivity index (χ4n) is 2.96. The van der Waals surface area contributed by atoms with Gasteiger partial charge in [-0.05, 0) is 18.8 Å². The number of hydrogen-bond acceptors (Lipinski definition) is 3. The lowest BCUT2D eigenvalue weighted by molar-refractivity contribution is -0.146. The Hall–Kier alpha value is -1.65. The Morgan fingerprint density at radius 3 is 2.11 bits per heavy atom. The lowest BCUT2D eigenvalue weighted by Gasteiger charge is -2.28. The van der Waals surface area contributed by atoms with Gasteiger partial charge in [0, 0.05) is 0 Å². The number of likely N-dealkylation sites (tertiary alicyclic amines) is 1. The van der Waals surface area contributed by atoms with Gasteiger partial charge in [0.2, 0.25) is 11.8 Å². The number of hydrogen-bond donors (Lipinski definition) is 1. The van der Waals surface area contributed by atoms with E-state index in [-0.39, 0.29) is 36.0 Å². The van der Waals surface area contributed by atoms with Gasteiger partial charge in [-0.25, -0.2) is 0 Å². The molecule has 1 fully saturated rings. The molecule has 3 atom stereocenters. The average Bonchev–Trinajstić information content (AvgIpc) is 2.60. The molecule has 2 amide bonds. The van der Waals surface area contributed by atoms with Crippen molar-refractivity contribution in [2.75, 3.05) is 0 Å². The Kier molecular flexibility index (Phi) is 3.73. The molecule has 104 valence electrons. The van der Waals surface area contributed by atoms with E-state index in [4.69, 9.17) is 5.11 Å². The molecule has 1 aliphatic heterocycles. The van der Waals surface area contributed by atoms with Crippen molar-refractivity contribution in [1.82, 2.24) is 4.90 Å². The summed E-state index contributed by atoms with van der Waals surface area (Å²) in [5.74, 6) is -2.00. The summed E-state index contributed by atoms with van der Waals surface area (Å²) >= 11 is 0. The number of imide groups is 1. The molecule has 0 bridgehead atoms. The number of fused-ring (bicyclic) bond motifs is 1. The number of rotatable bonds is 4. The van der Waals surface area contributed by atoms with E-state index in [1.54, 1.807) is 0 Å². The zero-order valence-electron chi connectivity index (χ0n) is 11.2. The standard InChI is InChI=1S/C14H19NO4/c1-8(2)11(7-12(16)17)15-13(18)9-5-3-4-6-10(9)14(15)19/h3-4,8-11H,5-7H2,1-2H3,(H,16,17). The predicted octanol–water partition coefficient (Wildman–Crippen LogP) is 1.44. The fraction of sp³-hybridized carbons (Fsp3) is 0.643. The van der Waals surface area contributed by atoms with Crippen molar-refractivity contribution >= 4 is 17.8 Å². The largest absolute Gasteiger partial charge is 0.481 e. The van der Waals surface area contributed by atoms with Gasteiger partial charge in [-0.15, -0.1) is 0 Å². The molecule has 5 nitrogen and oxygen atoms in total. The van der Waals surface area contributed by atoms with E-state index in [2.05, 4.69) is 0 Å². The summed E-state index contributed by atoms with van der Waals surface area (Å²) in [6, 6.07) is -0.539. The van der Waals surface area contributed by atoms with Gasteiger partial charge in [-0.2, -0.15) is 0 Å². The van der Waals surface area contributed by atoms with Crippen molar-refractivity contribution in [1.29, 1.82) is 0 Å². The summed E-state index contributed by atoms with van der Waals surface area (Å²) < 4.78 is 0. The van der Waals surface area contributed by atoms with E-state index < -0.39 is 12.0 Å². The maximum absolute atomic E-state index is 12.4. The SMILES string of the molecule is CC(C)C(CC(=O)O)N1C(=O)C2CC=CCC2C1=O. The highest BCUT2D eigenvalue weighted by Crippen LogP contribution is 2.37. The first-order valence-electron chi connectivity index (χ1n) is 6.67. The summed E-state index contributed by atoms with van der Waals surface area (Å²) in [4.78, 5) is 36.9. The third-order valence-corrected chi connectivity index (χ3v) is 4.03. The molecular formula is C14H19NO4. The highest BCUT2D eigenvalue weighted by molar-refractivity contribution is 6.06. The van der Waals surface area contributed by atoms with Crippen LogP contribution in [-0.4, -0.2) is 33.8 Å². The van der Waals surface area contributed by atoms with E-state index in [1.807, 2.05) is 26.0 Å². The Morgan fingerprint density at radius 2 is 1.74 bits per heavy atom. The average molecular weight is 265 g/mol. The molecule has 2 rings (SSSR count). The molecule has 2 aliphatic rings. The number of aliphatic carboxylic acids is 1. The van der Waals surface area contributed by atoms with Crippen molar-refractivity contribution in [3.05, 3.63) is 12.2 Å². The Bertz CT molecular complexity index is 415. The van der Waals surface area contributed by atoms with Gasteiger partial charge in [0.15, 0.2) is 0 Å². The first-order valence-corrected chi connectivity index (χ1v) is 6.67. The second-order valence-electron chi connectivity index (χ2n) is 5.61. The molecule has 0 aromatic carbocycles. The molecule has 0 saturated carbocycles. The Morgan fingerprint density at radius 1 is 1.26 bits per heavy atom. The normalized spacial score (nSPS) is 27.8. The molecule has 0 radical (unpaired) electrons. The second-order valence-corrected chi connectivity index (χ2v) is 5.61. The summed E-state index contributed by atoms with van der Waals surface area (Å²) in [6.45, 7) is 3.68. The van der Waals surface area contributed by atoms with Crippen molar-refractivity contribution in [2.45, 2.75) is 39.2 Å². The Labute approximate surface area is 112 Å². The first kappa shape index (κ1) is 13.8. The quantitative estimate of drug-likeness (QED) is 0.616. The van der Waals surface area contributed by atoms with Gasteiger partial charge in [-0.3, -0.25) is 19.3 Å². The van der Waals surface area contributed by atoms with Gasteiger partial charge in [0.25, 0.3) is 0 Å². The molecule has 19 heavy (non-hydrogen) atoms. The van der Waals surface area contributed by atoms with E-state index in [1.165, 1.54) is 4.90 Å². The smallest absolute Gasteiger partial charge is 0.305 e. The van der Waals surface area contributed by atoms with Crippen molar-refractivity contribution in [3.8, 4) is 0 Å². The highest BCUT2D eigenvalue weighted by atomic mass is 16.4. The fourth-order valence-corrected chi connectivity index (χ4v) is 2.96. The molecular weight excluding hydrogens is 246 g/mol. The number of carbonyl (C=O) groups is 3. The third kappa shape index (κ3) is 2.41. The third-order valence-electron chi connectivity index (χ3n) is 4.03. The zero-order chi connectivity index (χ0) is 14.2. The maximum atomic E-state index is 12.4. The van der Waals surface area contributed by atoms with E-state index >= 15 is 0 Å². The summed E-state index contributed by atoms with van der Waals surface area (Å²) in [5, 5.41) is 8.96. The highest BCUT2D eigenvalue weighted by Gasteiger charge is 2.50. The maximum Gasteiger partial charge on any atom is 0.305 e. The van der Waals surface area contributed by atoms with E-state index in [9.17, 15) is 14.4 Å². The minimum atomic E-state index is -0.979. The molecule has 0 aromatic heterocycles. The second kappa shape index (κ2) is 5.15. The van der Waals surface area contributed by atoms with Gasteiger partial charge >= 0.3 is 5.97 Å². The molecule has 1 N–H and O–H groups in total. The monoisotopic (exact) mass is 265 g/mol. The van der Waals surface area contributed by atoms with Crippen LogP contribution in [0.2, 0.25) is 0 Å². The molecule has 3 unspecified atom stereocenters. The van der Waals surface area contributed by atoms with E-state index in [0.717, 1.165) is 0 Å². The van der Waals surface area contributed by atoms with Crippen LogP contribution in [0.4, 0.5) is 0 Å². The van der Waals surface area contributed by atoms with Gasteiger partial charge in [0.1, 0.15) is 0 Å². The summed E-state index contributed by atoms with van der Waals surface area (Å²) in [5.41, 5.74) is 0. The Balaban J connectivity index is 2.26. The van der Waals surface area contributed by atoms with Crippen molar-refractivity contribution in [2.24, 2.45) is 17.8 Å². The van der Waals surface area contributed by atoms with Crippen LogP contribution in [0.3, 0.4) is 0 Å². The number of carbonyl (C=O) groups excluding carboxylic acids is 2. The van der Waals surface area contributed by atoms with Crippen LogP contribution in [0.5, 0.6) is 0 Å². The van der Waals surface area contributed by atoms with Gasteiger partial charge < -0.3 is 5.11 Å². The van der Waals surface area contributed by atoms with Crippen LogP contribution in [0.25, 0.3) is 0 Å². The minimum Gasteiger partial charge on any atom is -0.481 e. The van der Waals surface area contributed by atoms with Crippen LogP contribution >= 0.6 is 0 Å². The molecule has 0 spiro atoms. The topological polar surface area (TPSA) is 74.7 Å². The minimum absolute atomic E-state index is 0.0582. The van der Waals surface area contributed by atoms with Gasteiger partial charge in [0.05, 0.1) is 24.3 Å². The number of allylic oxidation sites excluding steroid dienone is 2. The molecule has 0 aromatic rings. The summed E-state index contributed by atoms with van der Waals surface area (Å²) in [6.07, 6.45) is 4.85. The van der Waals surface area contributed by atoms with Gasteiger partial charge in [-0.1, -0.05) is 26.0 Å². The number of carboxylic acids is 1. The number of amides is 2. The van der Waals surface area contributed by atoms with E-state index in [0.29, 0.717) is 12.8 Å². The van der Waals surface area contributed by atoms with Crippen LogP contribution < -0.4 is 0 Å². The predicted molar refractivity (Wildman–Crippen MR) is 68.1 cm³/mol. The molecule has 1 heterocycles.